The Morgan fingerprint density at radius 2 is 1.89 bits per heavy atom. The molecular weight excluding hydrogens is 506 g/mol. The number of carbonyl (C=O) groups is 1. The van der Waals surface area contributed by atoms with Crippen LogP contribution in [-0.2, 0) is 17.4 Å². The lowest BCUT2D eigenvalue weighted by atomic mass is 10.0. The minimum absolute atomic E-state index is 0.0170. The number of amides is 1. The number of halogens is 5. The molecule has 35 heavy (non-hydrogen) atoms. The highest BCUT2D eigenvalue weighted by Crippen LogP contribution is 2.43. The first-order valence-electron chi connectivity index (χ1n) is 10.4. The van der Waals surface area contributed by atoms with Gasteiger partial charge in [0.1, 0.15) is 22.0 Å². The van der Waals surface area contributed by atoms with Crippen molar-refractivity contribution in [2.75, 3.05) is 9.80 Å². The van der Waals surface area contributed by atoms with Gasteiger partial charge >= 0.3 is 6.18 Å². The van der Waals surface area contributed by atoms with Gasteiger partial charge in [-0.05, 0) is 44.2 Å². The maximum atomic E-state index is 15.1. The third kappa shape index (κ3) is 4.04. The fourth-order valence-corrected chi connectivity index (χ4v) is 5.01. The van der Waals surface area contributed by atoms with Crippen LogP contribution in [0.4, 0.5) is 28.9 Å². The Balaban J connectivity index is 1.85. The first-order chi connectivity index (χ1) is 16.3. The average molecular weight is 524 g/mol. The fourth-order valence-electron chi connectivity index (χ4n) is 4.11. The van der Waals surface area contributed by atoms with Gasteiger partial charge in [0.2, 0.25) is 0 Å². The van der Waals surface area contributed by atoms with Crippen molar-refractivity contribution in [2.24, 2.45) is 0 Å². The van der Waals surface area contributed by atoms with E-state index in [1.54, 1.807) is 20.8 Å². The molecule has 0 aliphatic carbocycles. The second kappa shape index (κ2) is 8.53. The lowest BCUT2D eigenvalue weighted by Crippen LogP contribution is -2.45. The molecule has 0 N–H and O–H groups in total. The summed E-state index contributed by atoms with van der Waals surface area (Å²) in [7, 11) is 0. The number of alkyl halides is 3. The molecule has 1 aliphatic rings. The zero-order valence-electron chi connectivity index (χ0n) is 18.7. The largest absolute Gasteiger partial charge is 0.417 e. The van der Waals surface area contributed by atoms with Gasteiger partial charge in [0.15, 0.2) is 11.3 Å². The smallest absolute Gasteiger partial charge is 0.328 e. The molecule has 6 nitrogen and oxygen atoms in total. The van der Waals surface area contributed by atoms with Crippen molar-refractivity contribution in [1.82, 2.24) is 9.97 Å². The van der Waals surface area contributed by atoms with Crippen LogP contribution in [0.25, 0.3) is 10.9 Å². The highest BCUT2D eigenvalue weighted by molar-refractivity contribution is 7.81. The molecular formula is C23H18ClF4N5OS. The predicted octanol–water partition coefficient (Wildman–Crippen LogP) is 5.72. The van der Waals surface area contributed by atoms with E-state index in [1.807, 2.05) is 0 Å². The molecule has 1 fully saturated rings. The van der Waals surface area contributed by atoms with E-state index in [0.717, 1.165) is 17.0 Å². The number of carbonyl (C=O) groups excluding carboxylic acids is 1. The van der Waals surface area contributed by atoms with Gasteiger partial charge < -0.3 is 4.90 Å². The summed E-state index contributed by atoms with van der Waals surface area (Å²) in [5.41, 5.74) is -4.04. The number of anilines is 2. The maximum Gasteiger partial charge on any atom is 0.417 e. The maximum absolute atomic E-state index is 15.1. The van der Waals surface area contributed by atoms with Gasteiger partial charge in [-0.3, -0.25) is 9.69 Å². The summed E-state index contributed by atoms with van der Waals surface area (Å²) in [6, 6.07) is 7.18. The minimum atomic E-state index is -4.80. The van der Waals surface area contributed by atoms with Crippen LogP contribution >= 0.6 is 24.2 Å². The molecule has 0 saturated carbocycles. The number of rotatable bonds is 3. The summed E-state index contributed by atoms with van der Waals surface area (Å²) >= 11 is 10.8. The Morgan fingerprint density at radius 3 is 2.49 bits per heavy atom. The topological polar surface area (TPSA) is 73.1 Å². The van der Waals surface area contributed by atoms with Crippen LogP contribution in [0, 0.1) is 17.1 Å². The van der Waals surface area contributed by atoms with Crippen molar-refractivity contribution < 1.29 is 22.4 Å². The molecule has 1 aromatic heterocycles. The molecule has 1 aliphatic heterocycles. The highest BCUT2D eigenvalue weighted by Gasteiger charge is 2.52. The molecule has 12 heteroatoms. The van der Waals surface area contributed by atoms with E-state index in [-0.39, 0.29) is 27.4 Å². The van der Waals surface area contributed by atoms with E-state index in [2.05, 4.69) is 22.6 Å². The van der Waals surface area contributed by atoms with Crippen molar-refractivity contribution >= 4 is 52.4 Å². The van der Waals surface area contributed by atoms with Crippen LogP contribution in [0.1, 0.15) is 37.7 Å². The number of nitriles is 1. The van der Waals surface area contributed by atoms with Crippen molar-refractivity contribution in [3.05, 3.63) is 58.3 Å². The second-order valence-electron chi connectivity index (χ2n) is 8.40. The van der Waals surface area contributed by atoms with E-state index in [4.69, 9.17) is 16.9 Å². The van der Waals surface area contributed by atoms with E-state index in [0.29, 0.717) is 12.2 Å². The first-order valence-corrected chi connectivity index (χ1v) is 11.3. The van der Waals surface area contributed by atoms with Gasteiger partial charge in [-0.15, -0.1) is 12.6 Å². The van der Waals surface area contributed by atoms with E-state index in [9.17, 15) is 18.0 Å². The van der Waals surface area contributed by atoms with Crippen LogP contribution < -0.4 is 9.80 Å². The Bertz CT molecular complexity index is 1410. The van der Waals surface area contributed by atoms with Crippen LogP contribution in [0.3, 0.4) is 0 Å². The van der Waals surface area contributed by atoms with Crippen LogP contribution in [0.2, 0.25) is 5.15 Å². The normalized spacial score (nSPS) is 17.8. The molecule has 1 amide bonds. The number of aryl methyl sites for hydroxylation is 1. The quantitative estimate of drug-likeness (QED) is 0.270. The van der Waals surface area contributed by atoms with E-state index >= 15 is 4.39 Å². The Morgan fingerprint density at radius 1 is 1.20 bits per heavy atom. The van der Waals surface area contributed by atoms with Crippen molar-refractivity contribution in [2.45, 2.75) is 44.4 Å². The molecule has 4 rings (SSSR count). The third-order valence-corrected chi connectivity index (χ3v) is 6.60. The van der Waals surface area contributed by atoms with E-state index in [1.165, 1.54) is 29.2 Å². The average Bonchev–Trinajstić information content (AvgIpc) is 2.96. The summed E-state index contributed by atoms with van der Waals surface area (Å²) in [4.78, 5) is 24.3. The number of thiol groups is 1. The Labute approximate surface area is 208 Å². The number of nitrogens with zero attached hydrogens (tertiary/aromatic N) is 5. The second-order valence-corrected chi connectivity index (χ2v) is 9.22. The van der Waals surface area contributed by atoms with Gasteiger partial charge in [0, 0.05) is 23.2 Å². The van der Waals surface area contributed by atoms with Gasteiger partial charge in [-0.25, -0.2) is 14.4 Å². The molecule has 1 unspecified atom stereocenters. The zero-order chi connectivity index (χ0) is 25.9. The van der Waals surface area contributed by atoms with Gasteiger partial charge in [-0.1, -0.05) is 18.5 Å². The summed E-state index contributed by atoms with van der Waals surface area (Å²) in [6.45, 7) is 4.90. The van der Waals surface area contributed by atoms with Gasteiger partial charge in [0.25, 0.3) is 5.91 Å². The van der Waals surface area contributed by atoms with Crippen molar-refractivity contribution in [3.63, 3.8) is 0 Å². The lowest BCUT2D eigenvalue weighted by Gasteiger charge is -2.33. The van der Waals surface area contributed by atoms with Crippen LogP contribution in [0.5, 0.6) is 0 Å². The molecule has 0 bridgehead atoms. The number of hydrogen-bond donors (Lipinski definition) is 1. The standard InChI is InChI=1S/C23H18ClF4N5OS/c1-4-17-30-18-14(19(24)31-17)7-13(9-16(18)25)33-21(35)32(20(34)22(33,2)3)12-6-5-11(10-29)15(8-12)23(26,27)28/h5-9,21,35H,4H2,1-3H3. The predicted molar refractivity (Wildman–Crippen MR) is 127 cm³/mol. The first kappa shape index (κ1) is 25.0. The highest BCUT2D eigenvalue weighted by atomic mass is 35.5. The van der Waals surface area contributed by atoms with Gasteiger partial charge in [0.05, 0.1) is 17.2 Å². The summed E-state index contributed by atoms with van der Waals surface area (Å²) < 4.78 is 55.7. The summed E-state index contributed by atoms with van der Waals surface area (Å²) in [6.07, 6.45) is -4.36. The summed E-state index contributed by atoms with van der Waals surface area (Å²) in [5, 5.41) is 9.33. The molecule has 2 heterocycles. The van der Waals surface area contributed by atoms with Crippen molar-refractivity contribution in [3.8, 4) is 6.07 Å². The van der Waals surface area contributed by atoms with E-state index < -0.39 is 40.1 Å². The van der Waals surface area contributed by atoms with Crippen LogP contribution in [-0.4, -0.2) is 26.9 Å². The van der Waals surface area contributed by atoms with Gasteiger partial charge in [-0.2, -0.15) is 18.4 Å². The number of fused-ring (bicyclic) bond motifs is 1. The summed E-state index contributed by atoms with van der Waals surface area (Å²) in [5.74, 6) is -0.902. The monoisotopic (exact) mass is 523 g/mol. The molecule has 0 spiro atoms. The minimum Gasteiger partial charge on any atom is -0.328 e. The molecule has 3 aromatic rings. The molecule has 1 saturated heterocycles. The molecule has 0 radical (unpaired) electrons. The third-order valence-electron chi connectivity index (χ3n) is 5.85. The zero-order valence-corrected chi connectivity index (χ0v) is 20.3. The Kier molecular flexibility index (Phi) is 6.10. The molecule has 182 valence electrons. The molecule has 2 aromatic carbocycles. The SMILES string of the molecule is CCc1nc(Cl)c2cc(N3C(S)N(c4ccc(C#N)c(C(F)(F)F)c4)C(=O)C3(C)C)cc(F)c2n1. The van der Waals surface area contributed by atoms with Crippen molar-refractivity contribution in [1.29, 1.82) is 5.26 Å². The number of benzene rings is 2. The Hall–Kier alpha value is -3.10. The number of hydrogen-bond acceptors (Lipinski definition) is 6. The lowest BCUT2D eigenvalue weighted by molar-refractivity contribution is -0.137. The number of aromatic nitrogens is 2. The molecule has 1 atom stereocenters. The fraction of sp³-hybridized carbons (Fsp3) is 0.304. The van der Waals surface area contributed by atoms with Crippen LogP contribution in [0.15, 0.2) is 30.3 Å².